The fourth-order valence-corrected chi connectivity index (χ4v) is 5.48. The molecule has 0 saturated carbocycles. The maximum absolute atomic E-state index is 13.5. The number of likely N-dealkylation sites (tertiary alicyclic amines) is 1. The maximum atomic E-state index is 13.5. The number of aromatic nitrogens is 5. The third-order valence-electron chi connectivity index (χ3n) is 7.75. The van der Waals surface area contributed by atoms with Gasteiger partial charge in [0, 0.05) is 50.3 Å². The van der Waals surface area contributed by atoms with Crippen molar-refractivity contribution in [2.75, 3.05) is 32.5 Å². The molecule has 3 aromatic heterocycles. The summed E-state index contributed by atoms with van der Waals surface area (Å²) in [5.74, 6) is -0.108. The van der Waals surface area contributed by atoms with Crippen LogP contribution in [-0.4, -0.2) is 85.8 Å². The van der Waals surface area contributed by atoms with Crippen LogP contribution in [0.5, 0.6) is 17.2 Å². The Morgan fingerprint density at radius 2 is 1.93 bits per heavy atom. The van der Waals surface area contributed by atoms with Crippen LogP contribution in [0.3, 0.4) is 0 Å². The van der Waals surface area contributed by atoms with Crippen LogP contribution in [0.4, 0.5) is 14.5 Å². The predicted molar refractivity (Wildman–Crippen MR) is 165 cm³/mol. The number of benzene rings is 2. The Bertz CT molecular complexity index is 1890. The molecule has 1 N–H and O–H groups in total. The van der Waals surface area contributed by atoms with Crippen molar-refractivity contribution in [1.29, 1.82) is 0 Å². The van der Waals surface area contributed by atoms with Crippen LogP contribution in [0.1, 0.15) is 33.6 Å². The van der Waals surface area contributed by atoms with Crippen LogP contribution in [-0.2, 0) is 7.05 Å². The summed E-state index contributed by atoms with van der Waals surface area (Å²) in [6, 6.07) is 13.1. The lowest BCUT2D eigenvalue weighted by Crippen LogP contribution is -2.47. The molecule has 1 aliphatic heterocycles. The van der Waals surface area contributed by atoms with Gasteiger partial charge >= 0.3 is 6.61 Å². The summed E-state index contributed by atoms with van der Waals surface area (Å²) in [7, 11) is 5.66. The second-order valence-electron chi connectivity index (χ2n) is 11.1. The number of carbonyl (C=O) groups is 2. The van der Waals surface area contributed by atoms with E-state index in [1.165, 1.54) is 33.6 Å². The standard InChI is InChI=1S/C32H32F2N8O4/c1-39(2)21-8-5-13-41(18-21)31(44)20-7-4-9-22(15-20)45-23-10-11-27(46-32(33)34)24(16-23)28-26(19-40(3)38-28)37-30(43)25-17-36-42-14-6-12-35-29(25)42/h4,6-7,9-12,14-17,19,21,32H,5,8,13,18H2,1-3H3,(H,37,43)/t21-/m1/s1. The number of likely N-dealkylation sites (N-methyl/N-ethyl adjacent to an activating group) is 1. The van der Waals surface area contributed by atoms with E-state index in [2.05, 4.69) is 25.4 Å². The van der Waals surface area contributed by atoms with E-state index in [1.54, 1.807) is 56.0 Å². The summed E-state index contributed by atoms with van der Waals surface area (Å²) in [5, 5.41) is 11.4. The Kier molecular flexibility index (Phi) is 8.61. The van der Waals surface area contributed by atoms with Crippen molar-refractivity contribution >= 4 is 23.1 Å². The molecule has 0 unspecified atom stereocenters. The zero-order valence-corrected chi connectivity index (χ0v) is 25.4. The number of hydrogen-bond donors (Lipinski definition) is 1. The van der Waals surface area contributed by atoms with Gasteiger partial charge in [0.25, 0.3) is 11.8 Å². The highest BCUT2D eigenvalue weighted by Gasteiger charge is 2.26. The number of halogens is 2. The van der Waals surface area contributed by atoms with Crippen LogP contribution < -0.4 is 14.8 Å². The topological polar surface area (TPSA) is 119 Å². The molecule has 14 heteroatoms. The molecule has 238 valence electrons. The first kappa shape index (κ1) is 30.6. The van der Waals surface area contributed by atoms with Crippen LogP contribution in [0.2, 0.25) is 0 Å². The first-order chi connectivity index (χ1) is 22.2. The Morgan fingerprint density at radius 1 is 1.11 bits per heavy atom. The molecule has 4 heterocycles. The highest BCUT2D eigenvalue weighted by Crippen LogP contribution is 2.39. The maximum Gasteiger partial charge on any atom is 0.387 e. The highest BCUT2D eigenvalue weighted by molar-refractivity contribution is 6.09. The van der Waals surface area contributed by atoms with Gasteiger partial charge in [-0.2, -0.15) is 19.0 Å². The van der Waals surface area contributed by atoms with Gasteiger partial charge < -0.3 is 24.6 Å². The molecule has 2 aromatic carbocycles. The molecule has 0 aliphatic carbocycles. The monoisotopic (exact) mass is 630 g/mol. The Balaban J connectivity index is 1.28. The van der Waals surface area contributed by atoms with Crippen molar-refractivity contribution in [2.24, 2.45) is 7.05 Å². The number of ether oxygens (including phenoxy) is 2. The molecule has 12 nitrogen and oxygen atoms in total. The third kappa shape index (κ3) is 6.52. The molecule has 1 atom stereocenters. The number of anilines is 1. The summed E-state index contributed by atoms with van der Waals surface area (Å²) >= 11 is 0. The van der Waals surface area contributed by atoms with E-state index in [0.29, 0.717) is 36.1 Å². The molecule has 1 aliphatic rings. The van der Waals surface area contributed by atoms with Crippen LogP contribution >= 0.6 is 0 Å². The van der Waals surface area contributed by atoms with Gasteiger partial charge in [0.2, 0.25) is 0 Å². The molecule has 1 saturated heterocycles. The van der Waals surface area contributed by atoms with Crippen LogP contribution in [0.25, 0.3) is 16.9 Å². The van der Waals surface area contributed by atoms with Gasteiger partial charge in [-0.25, -0.2) is 9.50 Å². The van der Waals surface area contributed by atoms with E-state index in [4.69, 9.17) is 9.47 Å². The van der Waals surface area contributed by atoms with Gasteiger partial charge in [-0.15, -0.1) is 0 Å². The second kappa shape index (κ2) is 12.9. The van der Waals surface area contributed by atoms with Crippen LogP contribution in [0.15, 0.2) is 73.3 Å². The van der Waals surface area contributed by atoms with Gasteiger partial charge in [0.05, 0.1) is 17.4 Å². The van der Waals surface area contributed by atoms with Crippen LogP contribution in [0, 0.1) is 0 Å². The molecule has 5 aromatic rings. The SMILES string of the molecule is CN(C)[C@@H]1CCCN(C(=O)c2cccc(Oc3ccc(OC(F)F)c(-c4nn(C)cc4NC(=O)c4cnn5cccnc45)c3)c2)C1. The number of piperidine rings is 1. The molecule has 0 bridgehead atoms. The van der Waals surface area contributed by atoms with Gasteiger partial charge in [-0.1, -0.05) is 6.07 Å². The molecule has 46 heavy (non-hydrogen) atoms. The van der Waals surface area contributed by atoms with Crippen molar-refractivity contribution in [1.82, 2.24) is 34.2 Å². The van der Waals surface area contributed by atoms with E-state index >= 15 is 0 Å². The number of nitrogens with one attached hydrogen (secondary N) is 1. The number of rotatable bonds is 9. The van der Waals surface area contributed by atoms with Crippen molar-refractivity contribution in [3.8, 4) is 28.5 Å². The van der Waals surface area contributed by atoms with Crippen molar-refractivity contribution < 1.29 is 27.8 Å². The van der Waals surface area contributed by atoms with Gasteiger partial charge in [-0.05, 0) is 69.4 Å². The molecule has 2 amide bonds. The van der Waals surface area contributed by atoms with E-state index < -0.39 is 12.5 Å². The smallest absolute Gasteiger partial charge is 0.387 e. The summed E-state index contributed by atoms with van der Waals surface area (Å²) in [6.07, 6.45) is 8.09. The number of hydrogen-bond acceptors (Lipinski definition) is 8. The first-order valence-electron chi connectivity index (χ1n) is 14.6. The average molecular weight is 631 g/mol. The Morgan fingerprint density at radius 3 is 2.74 bits per heavy atom. The van der Waals surface area contributed by atoms with E-state index in [0.717, 1.165) is 12.8 Å². The largest absolute Gasteiger partial charge is 0.457 e. The fourth-order valence-electron chi connectivity index (χ4n) is 5.48. The van der Waals surface area contributed by atoms with E-state index in [9.17, 15) is 18.4 Å². The Labute approximate surface area is 263 Å². The minimum atomic E-state index is -3.11. The molecule has 0 spiro atoms. The molecule has 6 rings (SSSR count). The second-order valence-corrected chi connectivity index (χ2v) is 11.1. The number of fused-ring (bicyclic) bond motifs is 1. The minimum absolute atomic E-state index is 0.0892. The fraction of sp³-hybridized carbons (Fsp3) is 0.281. The summed E-state index contributed by atoms with van der Waals surface area (Å²) in [5.41, 5.74) is 1.61. The summed E-state index contributed by atoms with van der Waals surface area (Å²) < 4.78 is 40.7. The number of amides is 2. The molecular formula is C32H32F2N8O4. The van der Waals surface area contributed by atoms with Crippen molar-refractivity contribution in [3.05, 3.63) is 84.4 Å². The third-order valence-corrected chi connectivity index (χ3v) is 7.75. The van der Waals surface area contributed by atoms with Gasteiger partial charge in [0.1, 0.15) is 28.5 Å². The lowest BCUT2D eigenvalue weighted by atomic mass is 10.0. The average Bonchev–Trinajstić information content (AvgIpc) is 3.64. The highest BCUT2D eigenvalue weighted by atomic mass is 19.3. The number of nitrogens with zero attached hydrogens (tertiary/aromatic N) is 7. The number of aryl methyl sites for hydroxylation is 1. The zero-order valence-electron chi connectivity index (χ0n) is 25.4. The predicted octanol–water partition coefficient (Wildman–Crippen LogP) is 4.94. The zero-order chi connectivity index (χ0) is 32.4. The number of carbonyl (C=O) groups excluding carboxylic acids is 2. The van der Waals surface area contributed by atoms with E-state index in [1.807, 2.05) is 19.0 Å². The molecular weight excluding hydrogens is 598 g/mol. The normalized spacial score (nSPS) is 15.0. The number of alkyl halides is 2. The van der Waals surface area contributed by atoms with E-state index in [-0.39, 0.29) is 39.9 Å². The lowest BCUT2D eigenvalue weighted by Gasteiger charge is -2.36. The minimum Gasteiger partial charge on any atom is -0.457 e. The van der Waals surface area contributed by atoms with Gasteiger partial charge in [-0.3, -0.25) is 14.3 Å². The summed E-state index contributed by atoms with van der Waals surface area (Å²) in [4.78, 5) is 34.8. The Hall–Kier alpha value is -5.37. The summed E-state index contributed by atoms with van der Waals surface area (Å²) in [6.45, 7) is -1.79. The van der Waals surface area contributed by atoms with Gasteiger partial charge in [0.15, 0.2) is 5.65 Å². The lowest BCUT2D eigenvalue weighted by molar-refractivity contribution is -0.0494. The molecule has 1 fully saturated rings. The van der Waals surface area contributed by atoms with Crippen molar-refractivity contribution in [3.63, 3.8) is 0 Å². The quantitative estimate of drug-likeness (QED) is 0.243. The molecule has 0 radical (unpaired) electrons. The van der Waals surface area contributed by atoms with Crippen molar-refractivity contribution in [2.45, 2.75) is 25.5 Å². The first-order valence-corrected chi connectivity index (χ1v) is 14.6.